The summed E-state index contributed by atoms with van der Waals surface area (Å²) in [6, 6.07) is 22.5. The average molecular weight is 455 g/mol. The van der Waals surface area contributed by atoms with Gasteiger partial charge in [-0.25, -0.2) is 9.59 Å². The Labute approximate surface area is 195 Å². The van der Waals surface area contributed by atoms with E-state index < -0.39 is 11.9 Å². The van der Waals surface area contributed by atoms with Crippen molar-refractivity contribution in [2.24, 2.45) is 0 Å². The van der Waals surface area contributed by atoms with Crippen molar-refractivity contribution in [3.63, 3.8) is 0 Å². The first-order chi connectivity index (χ1) is 16.5. The molecule has 8 nitrogen and oxygen atoms in total. The molecule has 0 atom stereocenters. The number of aromatic hydroxyl groups is 1. The van der Waals surface area contributed by atoms with Gasteiger partial charge in [0.15, 0.2) is 5.82 Å². The molecule has 0 amide bonds. The summed E-state index contributed by atoms with van der Waals surface area (Å²) in [5.41, 5.74) is 2.73. The zero-order valence-electron chi connectivity index (χ0n) is 18.2. The van der Waals surface area contributed by atoms with E-state index in [9.17, 15) is 14.7 Å². The van der Waals surface area contributed by atoms with Crippen LogP contribution in [0.5, 0.6) is 5.75 Å². The standard InChI is InChI=1S/C26H21N3O5/c1-2-34-26(33)22-21(16-9-5-3-6-10-16)23(17-11-7-4-8-12-17)28-29-24(22)27-19-14-13-18(25(31)32)15-20(19)30/h3-15,30H,2H2,1H3,(H,27,29)(H,31,32). The number of hydrogen-bond acceptors (Lipinski definition) is 7. The van der Waals surface area contributed by atoms with Crippen molar-refractivity contribution in [2.75, 3.05) is 11.9 Å². The van der Waals surface area contributed by atoms with Gasteiger partial charge in [0, 0.05) is 11.1 Å². The van der Waals surface area contributed by atoms with E-state index in [1.54, 1.807) is 6.92 Å². The van der Waals surface area contributed by atoms with Crippen LogP contribution in [-0.4, -0.2) is 39.0 Å². The quantitative estimate of drug-likeness (QED) is 0.259. The number of nitrogens with zero attached hydrogens (tertiary/aromatic N) is 2. The van der Waals surface area contributed by atoms with E-state index in [-0.39, 0.29) is 35.0 Å². The fraction of sp³-hybridized carbons (Fsp3) is 0.0769. The molecule has 8 heteroatoms. The van der Waals surface area contributed by atoms with Crippen LogP contribution in [0.1, 0.15) is 27.6 Å². The molecule has 1 aromatic heterocycles. The van der Waals surface area contributed by atoms with Crippen LogP contribution in [0.3, 0.4) is 0 Å². The van der Waals surface area contributed by atoms with Crippen LogP contribution >= 0.6 is 0 Å². The van der Waals surface area contributed by atoms with Gasteiger partial charge in [-0.2, -0.15) is 0 Å². The van der Waals surface area contributed by atoms with E-state index in [2.05, 4.69) is 15.5 Å². The first-order valence-electron chi connectivity index (χ1n) is 10.5. The lowest BCUT2D eigenvalue weighted by molar-refractivity contribution is 0.0527. The van der Waals surface area contributed by atoms with Gasteiger partial charge in [0.25, 0.3) is 0 Å². The highest BCUT2D eigenvalue weighted by Crippen LogP contribution is 2.38. The fourth-order valence-corrected chi connectivity index (χ4v) is 3.51. The lowest BCUT2D eigenvalue weighted by Crippen LogP contribution is -2.14. The van der Waals surface area contributed by atoms with E-state index in [0.717, 1.165) is 17.2 Å². The topological polar surface area (TPSA) is 122 Å². The second-order valence-electron chi connectivity index (χ2n) is 7.26. The highest BCUT2D eigenvalue weighted by atomic mass is 16.5. The number of aromatic nitrogens is 2. The SMILES string of the molecule is CCOC(=O)c1c(Nc2ccc(C(=O)O)cc2O)nnc(-c2ccccc2)c1-c1ccccc1. The van der Waals surface area contributed by atoms with Gasteiger partial charge in [-0.1, -0.05) is 60.7 Å². The molecule has 34 heavy (non-hydrogen) atoms. The molecule has 0 aliphatic rings. The molecule has 3 N–H and O–H groups in total. The molecule has 0 radical (unpaired) electrons. The van der Waals surface area contributed by atoms with Gasteiger partial charge in [0.1, 0.15) is 17.0 Å². The van der Waals surface area contributed by atoms with Gasteiger partial charge in [-0.15, -0.1) is 10.2 Å². The van der Waals surface area contributed by atoms with Crippen molar-refractivity contribution >= 4 is 23.4 Å². The summed E-state index contributed by atoms with van der Waals surface area (Å²) in [5.74, 6) is -2.04. The molecule has 4 rings (SSSR count). The molecule has 0 fully saturated rings. The summed E-state index contributed by atoms with van der Waals surface area (Å²) in [6.45, 7) is 1.85. The number of phenolic OH excluding ortho intramolecular Hbond substituents is 1. The number of esters is 1. The van der Waals surface area contributed by atoms with Gasteiger partial charge in [-0.3, -0.25) is 0 Å². The Bertz CT molecular complexity index is 1340. The first-order valence-corrected chi connectivity index (χ1v) is 10.5. The molecule has 0 saturated heterocycles. The number of nitrogens with one attached hydrogen (secondary N) is 1. The number of carbonyl (C=O) groups is 2. The van der Waals surface area contributed by atoms with Crippen LogP contribution in [0.25, 0.3) is 22.4 Å². The number of rotatable bonds is 7. The lowest BCUT2D eigenvalue weighted by atomic mass is 9.95. The Balaban J connectivity index is 1.94. The summed E-state index contributed by atoms with van der Waals surface area (Å²) in [6.07, 6.45) is 0. The molecule has 0 aliphatic heterocycles. The predicted molar refractivity (Wildman–Crippen MR) is 127 cm³/mol. The number of carboxylic acid groups (broad SMARTS) is 1. The maximum atomic E-state index is 13.2. The second kappa shape index (κ2) is 9.83. The van der Waals surface area contributed by atoms with E-state index in [1.807, 2.05) is 60.7 Å². The number of ether oxygens (including phenoxy) is 1. The van der Waals surface area contributed by atoms with Gasteiger partial charge in [0.05, 0.1) is 17.9 Å². The Kier molecular flexibility index (Phi) is 6.49. The second-order valence-corrected chi connectivity index (χ2v) is 7.26. The Morgan fingerprint density at radius 2 is 1.56 bits per heavy atom. The van der Waals surface area contributed by atoms with Crippen LogP contribution in [0, 0.1) is 0 Å². The van der Waals surface area contributed by atoms with Crippen molar-refractivity contribution in [3.8, 4) is 28.1 Å². The lowest BCUT2D eigenvalue weighted by Gasteiger charge is -2.18. The first kappa shape index (κ1) is 22.5. The maximum Gasteiger partial charge on any atom is 0.342 e. The van der Waals surface area contributed by atoms with Crippen molar-refractivity contribution in [1.82, 2.24) is 10.2 Å². The zero-order valence-corrected chi connectivity index (χ0v) is 18.2. The Hall–Kier alpha value is -4.72. The fourth-order valence-electron chi connectivity index (χ4n) is 3.51. The van der Waals surface area contributed by atoms with Gasteiger partial charge in [-0.05, 0) is 30.7 Å². The average Bonchev–Trinajstić information content (AvgIpc) is 2.86. The number of hydrogen-bond donors (Lipinski definition) is 3. The Morgan fingerprint density at radius 3 is 2.15 bits per heavy atom. The number of aromatic carboxylic acids is 1. The van der Waals surface area contributed by atoms with Crippen LogP contribution < -0.4 is 5.32 Å². The van der Waals surface area contributed by atoms with Crippen molar-refractivity contribution in [2.45, 2.75) is 6.92 Å². The normalized spacial score (nSPS) is 10.5. The Morgan fingerprint density at radius 1 is 0.912 bits per heavy atom. The van der Waals surface area contributed by atoms with Gasteiger partial charge >= 0.3 is 11.9 Å². The number of carbonyl (C=O) groups excluding carboxylic acids is 1. The van der Waals surface area contributed by atoms with Crippen molar-refractivity contribution < 1.29 is 24.5 Å². The van der Waals surface area contributed by atoms with Crippen LogP contribution in [-0.2, 0) is 4.74 Å². The highest BCUT2D eigenvalue weighted by molar-refractivity contribution is 6.06. The molecule has 170 valence electrons. The van der Waals surface area contributed by atoms with Crippen LogP contribution in [0.2, 0.25) is 0 Å². The smallest absolute Gasteiger partial charge is 0.342 e. The largest absolute Gasteiger partial charge is 0.506 e. The molecule has 0 aliphatic carbocycles. The van der Waals surface area contributed by atoms with Gasteiger partial charge < -0.3 is 20.3 Å². The third-order valence-corrected chi connectivity index (χ3v) is 5.06. The van der Waals surface area contributed by atoms with E-state index in [0.29, 0.717) is 11.3 Å². The van der Waals surface area contributed by atoms with Crippen molar-refractivity contribution in [3.05, 3.63) is 90.0 Å². The summed E-state index contributed by atoms with van der Waals surface area (Å²) in [4.78, 5) is 24.4. The molecule has 0 spiro atoms. The minimum absolute atomic E-state index is 0.0651. The van der Waals surface area contributed by atoms with E-state index in [1.165, 1.54) is 12.1 Å². The number of carboxylic acids is 1. The minimum Gasteiger partial charge on any atom is -0.506 e. The number of benzene rings is 3. The number of anilines is 2. The van der Waals surface area contributed by atoms with Crippen LogP contribution in [0.4, 0.5) is 11.5 Å². The molecule has 0 bridgehead atoms. The third kappa shape index (κ3) is 4.56. The molecule has 0 saturated carbocycles. The predicted octanol–water partition coefficient (Wildman–Crippen LogP) is 5.13. The minimum atomic E-state index is -1.17. The molecule has 1 heterocycles. The maximum absolute atomic E-state index is 13.2. The summed E-state index contributed by atoms with van der Waals surface area (Å²) >= 11 is 0. The number of phenols is 1. The monoisotopic (exact) mass is 455 g/mol. The molecule has 0 unspecified atom stereocenters. The molecular formula is C26H21N3O5. The highest BCUT2D eigenvalue weighted by Gasteiger charge is 2.26. The summed E-state index contributed by atoms with van der Waals surface area (Å²) < 4.78 is 5.35. The summed E-state index contributed by atoms with van der Waals surface area (Å²) in [7, 11) is 0. The van der Waals surface area contributed by atoms with Crippen LogP contribution in [0.15, 0.2) is 78.9 Å². The van der Waals surface area contributed by atoms with Crippen molar-refractivity contribution in [1.29, 1.82) is 0 Å². The summed E-state index contributed by atoms with van der Waals surface area (Å²) in [5, 5.41) is 31.1. The molecule has 3 aromatic carbocycles. The molecule has 4 aromatic rings. The van der Waals surface area contributed by atoms with E-state index in [4.69, 9.17) is 9.84 Å². The third-order valence-electron chi connectivity index (χ3n) is 5.06. The van der Waals surface area contributed by atoms with E-state index >= 15 is 0 Å². The van der Waals surface area contributed by atoms with Gasteiger partial charge in [0.2, 0.25) is 0 Å². The zero-order chi connectivity index (χ0) is 24.1. The molecular weight excluding hydrogens is 434 g/mol.